The lowest BCUT2D eigenvalue weighted by Crippen LogP contribution is -2.38. The molecule has 0 radical (unpaired) electrons. The normalized spacial score (nSPS) is 15.3. The molecule has 3 heteroatoms. The number of hydrogen-bond donors (Lipinski definition) is 0. The molecule has 1 aliphatic rings. The first-order chi connectivity index (χ1) is 6.31. The number of aromatic nitrogens is 1. The van der Waals surface area contributed by atoms with Gasteiger partial charge in [0.15, 0.2) is 6.29 Å². The van der Waals surface area contributed by atoms with Crippen LogP contribution in [0.5, 0.6) is 0 Å². The quantitative estimate of drug-likeness (QED) is 0.639. The van der Waals surface area contributed by atoms with Gasteiger partial charge in [-0.2, -0.15) is 0 Å². The number of hydrogen-bond acceptors (Lipinski definition) is 3. The van der Waals surface area contributed by atoms with Gasteiger partial charge in [0.2, 0.25) is 0 Å². The average molecular weight is 176 g/mol. The van der Waals surface area contributed by atoms with Crippen molar-refractivity contribution in [2.45, 2.75) is 13.3 Å². The predicted octanol–water partition coefficient (Wildman–Crippen LogP) is 1.41. The number of aldehydes is 1. The zero-order valence-corrected chi connectivity index (χ0v) is 7.66. The summed E-state index contributed by atoms with van der Waals surface area (Å²) < 4.78 is 0. The molecule has 2 rings (SSSR count). The van der Waals surface area contributed by atoms with E-state index in [-0.39, 0.29) is 0 Å². The maximum absolute atomic E-state index is 10.5. The van der Waals surface area contributed by atoms with Crippen molar-refractivity contribution >= 4 is 12.1 Å². The number of aryl methyl sites for hydroxylation is 1. The third-order valence-electron chi connectivity index (χ3n) is 2.36. The highest BCUT2D eigenvalue weighted by molar-refractivity contribution is 5.75. The fourth-order valence-electron chi connectivity index (χ4n) is 1.51. The van der Waals surface area contributed by atoms with Crippen molar-refractivity contribution in [1.82, 2.24) is 4.98 Å². The largest absolute Gasteiger partial charge is 0.356 e. The number of carbonyl (C=O) groups is 1. The van der Waals surface area contributed by atoms with Crippen molar-refractivity contribution in [2.24, 2.45) is 0 Å². The van der Waals surface area contributed by atoms with E-state index >= 15 is 0 Å². The molecule has 0 amide bonds. The summed E-state index contributed by atoms with van der Waals surface area (Å²) in [7, 11) is 0. The van der Waals surface area contributed by atoms with Crippen molar-refractivity contribution < 1.29 is 4.79 Å². The van der Waals surface area contributed by atoms with Crippen LogP contribution in [-0.4, -0.2) is 24.4 Å². The second kappa shape index (κ2) is 3.17. The van der Waals surface area contributed by atoms with Crippen LogP contribution < -0.4 is 4.90 Å². The van der Waals surface area contributed by atoms with Gasteiger partial charge in [-0.25, -0.2) is 4.98 Å². The van der Waals surface area contributed by atoms with Crippen LogP contribution in [0.2, 0.25) is 0 Å². The molecular formula is C10H12N2O. The summed E-state index contributed by atoms with van der Waals surface area (Å²) in [6, 6.07) is 1.88. The highest BCUT2D eigenvalue weighted by Crippen LogP contribution is 2.21. The van der Waals surface area contributed by atoms with Gasteiger partial charge in [-0.1, -0.05) is 0 Å². The van der Waals surface area contributed by atoms with Crippen molar-refractivity contribution in [1.29, 1.82) is 0 Å². The smallest absolute Gasteiger partial charge is 0.151 e. The van der Waals surface area contributed by atoms with Crippen molar-refractivity contribution in [2.75, 3.05) is 18.0 Å². The molecule has 0 aromatic carbocycles. The molecule has 0 spiro atoms. The first-order valence-corrected chi connectivity index (χ1v) is 4.48. The molecule has 1 aromatic heterocycles. The summed E-state index contributed by atoms with van der Waals surface area (Å²) in [4.78, 5) is 17.0. The van der Waals surface area contributed by atoms with Crippen LogP contribution >= 0.6 is 0 Å². The Morgan fingerprint density at radius 1 is 1.54 bits per heavy atom. The molecule has 2 heterocycles. The minimum Gasteiger partial charge on any atom is -0.356 e. The van der Waals surface area contributed by atoms with Gasteiger partial charge in [-0.15, -0.1) is 0 Å². The van der Waals surface area contributed by atoms with Gasteiger partial charge in [0, 0.05) is 24.8 Å². The molecule has 68 valence electrons. The lowest BCUT2D eigenvalue weighted by atomic mass is 10.1. The van der Waals surface area contributed by atoms with E-state index in [1.807, 2.05) is 13.0 Å². The van der Waals surface area contributed by atoms with E-state index in [1.165, 1.54) is 6.42 Å². The van der Waals surface area contributed by atoms with Gasteiger partial charge < -0.3 is 4.90 Å². The first kappa shape index (κ1) is 8.23. The molecule has 0 bridgehead atoms. The topological polar surface area (TPSA) is 33.2 Å². The minimum atomic E-state index is 0.654. The van der Waals surface area contributed by atoms with E-state index in [9.17, 15) is 4.79 Å². The zero-order chi connectivity index (χ0) is 9.26. The van der Waals surface area contributed by atoms with Crippen molar-refractivity contribution in [3.05, 3.63) is 23.4 Å². The maximum Gasteiger partial charge on any atom is 0.151 e. The Morgan fingerprint density at radius 2 is 2.31 bits per heavy atom. The Morgan fingerprint density at radius 3 is 2.77 bits per heavy atom. The fourth-order valence-corrected chi connectivity index (χ4v) is 1.51. The van der Waals surface area contributed by atoms with Gasteiger partial charge in [0.05, 0.1) is 0 Å². The molecule has 0 saturated carbocycles. The molecule has 0 atom stereocenters. The van der Waals surface area contributed by atoms with Gasteiger partial charge >= 0.3 is 0 Å². The second-order valence-electron chi connectivity index (χ2n) is 3.37. The maximum atomic E-state index is 10.5. The molecule has 13 heavy (non-hydrogen) atoms. The standard InChI is InChI=1S/C10H12N2O/c1-8-5-9(7-13)6-11-10(8)12-3-2-4-12/h5-7H,2-4H2,1H3. The van der Waals surface area contributed by atoms with E-state index < -0.39 is 0 Å². The van der Waals surface area contributed by atoms with Gasteiger partial charge in [0.25, 0.3) is 0 Å². The second-order valence-corrected chi connectivity index (χ2v) is 3.37. The number of pyridine rings is 1. The Balaban J connectivity index is 2.31. The predicted molar refractivity (Wildman–Crippen MR) is 51.2 cm³/mol. The molecule has 0 N–H and O–H groups in total. The molecule has 3 nitrogen and oxygen atoms in total. The molecular weight excluding hydrogens is 164 g/mol. The summed E-state index contributed by atoms with van der Waals surface area (Å²) in [6.45, 7) is 4.18. The lowest BCUT2D eigenvalue weighted by Gasteiger charge is -2.33. The van der Waals surface area contributed by atoms with Crippen molar-refractivity contribution in [3.63, 3.8) is 0 Å². The number of nitrogens with zero attached hydrogens (tertiary/aromatic N) is 2. The molecule has 0 unspecified atom stereocenters. The van der Waals surface area contributed by atoms with E-state index in [4.69, 9.17) is 0 Å². The Kier molecular flexibility index (Phi) is 2.00. The van der Waals surface area contributed by atoms with Crippen LogP contribution in [0, 0.1) is 6.92 Å². The summed E-state index contributed by atoms with van der Waals surface area (Å²) >= 11 is 0. The van der Waals surface area contributed by atoms with E-state index in [0.717, 1.165) is 30.8 Å². The first-order valence-electron chi connectivity index (χ1n) is 4.48. The van der Waals surface area contributed by atoms with Gasteiger partial charge in [-0.05, 0) is 25.0 Å². The van der Waals surface area contributed by atoms with Crippen LogP contribution in [0.3, 0.4) is 0 Å². The van der Waals surface area contributed by atoms with Crippen LogP contribution in [0.1, 0.15) is 22.3 Å². The summed E-state index contributed by atoms with van der Waals surface area (Å²) in [6.07, 6.45) is 3.71. The fraction of sp³-hybridized carbons (Fsp3) is 0.400. The Labute approximate surface area is 77.4 Å². The third kappa shape index (κ3) is 1.41. The Hall–Kier alpha value is -1.38. The number of rotatable bonds is 2. The van der Waals surface area contributed by atoms with Crippen LogP contribution in [0.15, 0.2) is 12.3 Å². The van der Waals surface area contributed by atoms with E-state index in [2.05, 4.69) is 9.88 Å². The van der Waals surface area contributed by atoms with Gasteiger partial charge in [0.1, 0.15) is 5.82 Å². The summed E-state index contributed by atoms with van der Waals surface area (Å²) in [5, 5.41) is 0. The van der Waals surface area contributed by atoms with E-state index in [0.29, 0.717) is 5.56 Å². The number of anilines is 1. The Bertz CT molecular complexity index is 332. The molecule has 1 saturated heterocycles. The lowest BCUT2D eigenvalue weighted by molar-refractivity contribution is 0.112. The molecule has 1 aromatic rings. The van der Waals surface area contributed by atoms with Crippen molar-refractivity contribution in [3.8, 4) is 0 Å². The highest BCUT2D eigenvalue weighted by atomic mass is 16.1. The van der Waals surface area contributed by atoms with Crippen LogP contribution in [0.25, 0.3) is 0 Å². The minimum absolute atomic E-state index is 0.654. The van der Waals surface area contributed by atoms with Crippen LogP contribution in [0.4, 0.5) is 5.82 Å². The summed E-state index contributed by atoms with van der Waals surface area (Å²) in [5.74, 6) is 1.02. The van der Waals surface area contributed by atoms with Gasteiger partial charge in [-0.3, -0.25) is 4.79 Å². The SMILES string of the molecule is Cc1cc(C=O)cnc1N1CCC1. The average Bonchev–Trinajstić information content (AvgIpc) is 2.05. The molecule has 1 aliphatic heterocycles. The monoisotopic (exact) mass is 176 g/mol. The molecule has 0 aliphatic carbocycles. The molecule has 1 fully saturated rings. The zero-order valence-electron chi connectivity index (χ0n) is 7.66. The third-order valence-corrected chi connectivity index (χ3v) is 2.36. The number of carbonyl (C=O) groups excluding carboxylic acids is 1. The highest BCUT2D eigenvalue weighted by Gasteiger charge is 2.17. The summed E-state index contributed by atoms with van der Waals surface area (Å²) in [5.41, 5.74) is 1.74. The van der Waals surface area contributed by atoms with E-state index in [1.54, 1.807) is 6.20 Å². The van der Waals surface area contributed by atoms with Crippen LogP contribution in [-0.2, 0) is 0 Å².